The summed E-state index contributed by atoms with van der Waals surface area (Å²) >= 11 is 9.70. The number of aryl methyl sites for hydroxylation is 1. The Hall–Kier alpha value is -2.88. The Morgan fingerprint density at radius 2 is 1.68 bits per heavy atom. The lowest BCUT2D eigenvalue weighted by molar-refractivity contribution is -0.139. The molecule has 0 saturated heterocycles. The van der Waals surface area contributed by atoms with Crippen LogP contribution in [0.5, 0.6) is 0 Å². The normalized spacial score (nSPS) is 14.5. The van der Waals surface area contributed by atoms with Gasteiger partial charge in [-0.25, -0.2) is 8.42 Å². The second-order valence-corrected chi connectivity index (χ2v) is 13.3. The average molecular weight is 647 g/mol. The summed E-state index contributed by atoms with van der Waals surface area (Å²) in [6.07, 6.45) is 3.95. The van der Waals surface area contributed by atoms with E-state index in [9.17, 15) is 18.0 Å². The molecule has 1 fully saturated rings. The number of rotatable bonds is 10. The maximum absolute atomic E-state index is 14.1. The van der Waals surface area contributed by atoms with Crippen LogP contribution in [0.25, 0.3) is 0 Å². The number of hydrogen-bond acceptors (Lipinski definition) is 4. The van der Waals surface area contributed by atoms with Crippen molar-refractivity contribution in [1.82, 2.24) is 10.2 Å². The Labute approximate surface area is 249 Å². The fraction of sp³-hybridized carbons (Fsp3) is 0.333. The van der Waals surface area contributed by atoms with E-state index in [4.69, 9.17) is 11.6 Å². The third-order valence-corrected chi connectivity index (χ3v) is 9.72. The lowest BCUT2D eigenvalue weighted by atomic mass is 10.1. The van der Waals surface area contributed by atoms with Gasteiger partial charge in [0.05, 0.1) is 10.6 Å². The molecule has 0 bridgehead atoms. The largest absolute Gasteiger partial charge is 0.352 e. The van der Waals surface area contributed by atoms with Gasteiger partial charge in [0.15, 0.2) is 0 Å². The van der Waals surface area contributed by atoms with Gasteiger partial charge in [0.2, 0.25) is 11.8 Å². The number of halogens is 2. The predicted octanol–water partition coefficient (Wildman–Crippen LogP) is 6.08. The van der Waals surface area contributed by atoms with Gasteiger partial charge < -0.3 is 10.2 Å². The highest BCUT2D eigenvalue weighted by molar-refractivity contribution is 9.10. The van der Waals surface area contributed by atoms with Crippen molar-refractivity contribution in [2.75, 3.05) is 10.8 Å². The van der Waals surface area contributed by atoms with Crippen LogP contribution in [0.1, 0.15) is 43.7 Å². The molecule has 0 heterocycles. The molecule has 1 aliphatic rings. The van der Waals surface area contributed by atoms with E-state index in [1.54, 1.807) is 50.2 Å². The zero-order valence-electron chi connectivity index (χ0n) is 22.5. The molecule has 3 aromatic carbocycles. The number of nitrogens with zero attached hydrogens (tertiary/aromatic N) is 2. The molecule has 4 rings (SSSR count). The molecule has 0 aliphatic heterocycles. The minimum Gasteiger partial charge on any atom is -0.352 e. The zero-order chi connectivity index (χ0) is 28.9. The molecule has 0 radical (unpaired) electrons. The Balaban J connectivity index is 1.70. The minimum absolute atomic E-state index is 0.0497. The number of amides is 2. The highest BCUT2D eigenvalue weighted by Gasteiger charge is 2.34. The maximum Gasteiger partial charge on any atom is 0.264 e. The summed E-state index contributed by atoms with van der Waals surface area (Å²) in [5.41, 5.74) is 1.76. The van der Waals surface area contributed by atoms with E-state index in [1.165, 1.54) is 17.0 Å². The van der Waals surface area contributed by atoms with Gasteiger partial charge in [-0.1, -0.05) is 76.8 Å². The molecule has 2 amide bonds. The Morgan fingerprint density at radius 3 is 2.33 bits per heavy atom. The van der Waals surface area contributed by atoms with Crippen molar-refractivity contribution in [3.05, 3.63) is 93.4 Å². The van der Waals surface area contributed by atoms with Crippen LogP contribution in [0.15, 0.2) is 82.2 Å². The standard InChI is InChI=1S/C30H33BrClN3O4S/c1-21-12-17-25(32)18-28(21)35(40(38,39)27-10-4-3-5-11-27)20-29(36)34(19-23-13-15-24(31)16-14-23)22(2)30(37)33-26-8-6-7-9-26/h3-5,10-18,22,26H,6-9,19-20H2,1-2H3,(H,33,37)/t22-/m0/s1. The molecule has 10 heteroatoms. The van der Waals surface area contributed by atoms with Crippen LogP contribution in [-0.4, -0.2) is 43.8 Å². The van der Waals surface area contributed by atoms with E-state index in [2.05, 4.69) is 21.2 Å². The van der Waals surface area contributed by atoms with Crippen LogP contribution >= 0.6 is 27.5 Å². The number of nitrogens with one attached hydrogen (secondary N) is 1. The Morgan fingerprint density at radius 1 is 1.02 bits per heavy atom. The lowest BCUT2D eigenvalue weighted by Gasteiger charge is -2.33. The topological polar surface area (TPSA) is 86.8 Å². The number of sulfonamides is 1. The van der Waals surface area contributed by atoms with Crippen LogP contribution in [0, 0.1) is 6.92 Å². The first-order valence-electron chi connectivity index (χ1n) is 13.2. The molecule has 0 spiro atoms. The van der Waals surface area contributed by atoms with Crippen molar-refractivity contribution in [3.8, 4) is 0 Å². The Kier molecular flexibility index (Phi) is 9.92. The molecule has 1 aliphatic carbocycles. The SMILES string of the molecule is Cc1ccc(Cl)cc1N(CC(=O)N(Cc1ccc(Br)cc1)[C@@H](C)C(=O)NC1CCCC1)S(=O)(=O)c1ccccc1. The third kappa shape index (κ3) is 7.25. The van der Waals surface area contributed by atoms with Gasteiger partial charge in [-0.3, -0.25) is 13.9 Å². The molecular formula is C30H33BrClN3O4S. The summed E-state index contributed by atoms with van der Waals surface area (Å²) in [5, 5.41) is 3.42. The molecule has 1 saturated carbocycles. The highest BCUT2D eigenvalue weighted by Crippen LogP contribution is 2.30. The number of hydrogen-bond donors (Lipinski definition) is 1. The molecule has 1 N–H and O–H groups in total. The Bertz CT molecular complexity index is 1450. The number of carbonyl (C=O) groups excluding carboxylic acids is 2. The van der Waals surface area contributed by atoms with E-state index in [1.807, 2.05) is 24.3 Å². The van der Waals surface area contributed by atoms with E-state index in [-0.39, 0.29) is 23.4 Å². The minimum atomic E-state index is -4.14. The van der Waals surface area contributed by atoms with Gasteiger partial charge >= 0.3 is 0 Å². The van der Waals surface area contributed by atoms with Crippen molar-refractivity contribution in [1.29, 1.82) is 0 Å². The van der Waals surface area contributed by atoms with Crippen LogP contribution in [0.3, 0.4) is 0 Å². The van der Waals surface area contributed by atoms with E-state index in [0.717, 1.165) is 40.0 Å². The van der Waals surface area contributed by atoms with Crippen molar-refractivity contribution in [2.45, 2.75) is 63.1 Å². The van der Waals surface area contributed by atoms with Crippen molar-refractivity contribution < 1.29 is 18.0 Å². The molecule has 212 valence electrons. The summed E-state index contributed by atoms with van der Waals surface area (Å²) in [5.74, 6) is -0.760. The molecule has 0 unspecified atom stereocenters. The van der Waals surface area contributed by atoms with Crippen LogP contribution < -0.4 is 9.62 Å². The summed E-state index contributed by atoms with van der Waals surface area (Å²) in [6, 6.07) is 19.6. The highest BCUT2D eigenvalue weighted by atomic mass is 79.9. The van der Waals surface area contributed by atoms with Crippen molar-refractivity contribution in [2.24, 2.45) is 0 Å². The van der Waals surface area contributed by atoms with E-state index in [0.29, 0.717) is 16.3 Å². The fourth-order valence-electron chi connectivity index (χ4n) is 4.85. The van der Waals surface area contributed by atoms with Gasteiger partial charge in [-0.05, 0) is 74.2 Å². The first-order valence-corrected chi connectivity index (χ1v) is 15.9. The molecule has 7 nitrogen and oxygen atoms in total. The molecule has 3 aromatic rings. The van der Waals surface area contributed by atoms with E-state index >= 15 is 0 Å². The van der Waals surface area contributed by atoms with Gasteiger partial charge in [0, 0.05) is 22.1 Å². The smallest absolute Gasteiger partial charge is 0.264 e. The number of benzene rings is 3. The van der Waals surface area contributed by atoms with Crippen LogP contribution in [-0.2, 0) is 26.2 Å². The van der Waals surface area contributed by atoms with Gasteiger partial charge in [-0.15, -0.1) is 0 Å². The third-order valence-electron chi connectivity index (χ3n) is 7.18. The summed E-state index contributed by atoms with van der Waals surface area (Å²) in [6.45, 7) is 3.08. The average Bonchev–Trinajstić information content (AvgIpc) is 3.45. The van der Waals surface area contributed by atoms with Crippen molar-refractivity contribution >= 4 is 55.1 Å². The molecule has 0 aromatic heterocycles. The summed E-state index contributed by atoms with van der Waals surface area (Å²) in [7, 11) is -4.14. The maximum atomic E-state index is 14.1. The molecule has 40 heavy (non-hydrogen) atoms. The predicted molar refractivity (Wildman–Crippen MR) is 162 cm³/mol. The summed E-state index contributed by atoms with van der Waals surface area (Å²) in [4.78, 5) is 28.8. The monoisotopic (exact) mass is 645 g/mol. The molecule has 1 atom stereocenters. The van der Waals surface area contributed by atoms with Crippen LogP contribution in [0.4, 0.5) is 5.69 Å². The van der Waals surface area contributed by atoms with E-state index < -0.39 is 28.5 Å². The first-order chi connectivity index (χ1) is 19.1. The quantitative estimate of drug-likeness (QED) is 0.289. The second kappa shape index (κ2) is 13.2. The zero-order valence-corrected chi connectivity index (χ0v) is 25.7. The second-order valence-electron chi connectivity index (χ2n) is 10.1. The van der Waals surface area contributed by atoms with Gasteiger partial charge in [0.1, 0.15) is 12.6 Å². The fourth-order valence-corrected chi connectivity index (χ4v) is 6.77. The van der Waals surface area contributed by atoms with Gasteiger partial charge in [-0.2, -0.15) is 0 Å². The lowest BCUT2D eigenvalue weighted by Crippen LogP contribution is -2.52. The molecular weight excluding hydrogens is 614 g/mol. The summed E-state index contributed by atoms with van der Waals surface area (Å²) < 4.78 is 29.8. The number of anilines is 1. The van der Waals surface area contributed by atoms with Crippen molar-refractivity contribution in [3.63, 3.8) is 0 Å². The first kappa shape index (κ1) is 30.1. The number of carbonyl (C=O) groups is 2. The van der Waals surface area contributed by atoms with Crippen LogP contribution in [0.2, 0.25) is 5.02 Å². The van der Waals surface area contributed by atoms with Gasteiger partial charge in [0.25, 0.3) is 10.0 Å².